The number of carbonyl (C=O) groups excluding carboxylic acids is 1. The van der Waals surface area contributed by atoms with Crippen molar-refractivity contribution in [3.63, 3.8) is 0 Å². The van der Waals surface area contributed by atoms with E-state index in [1.165, 1.54) is 0 Å². The number of amides is 2. The van der Waals surface area contributed by atoms with Crippen molar-refractivity contribution in [3.05, 3.63) is 23.6 Å². The van der Waals surface area contributed by atoms with Crippen LogP contribution in [0.4, 0.5) is 4.79 Å². The van der Waals surface area contributed by atoms with E-state index >= 15 is 0 Å². The fraction of sp³-hybridized carbons (Fsp3) is 0.643. The summed E-state index contributed by atoms with van der Waals surface area (Å²) in [5, 5.41) is 6.36. The van der Waals surface area contributed by atoms with Crippen molar-refractivity contribution in [1.82, 2.24) is 15.5 Å². The number of allylic oxidation sites excluding steroid dienone is 1. The van der Waals surface area contributed by atoms with Gasteiger partial charge in [-0.15, -0.1) is 0 Å². The number of hydrogen-bond acceptors (Lipinski definition) is 3. The second kappa shape index (κ2) is 4.56. The van der Waals surface area contributed by atoms with Crippen LogP contribution in [-0.2, 0) is 4.74 Å². The average Bonchev–Trinajstić information content (AvgIpc) is 2.69. The highest BCUT2D eigenvalue weighted by molar-refractivity contribution is 5.83. The number of urea groups is 1. The number of nitrogens with one attached hydrogen (secondary N) is 2. The van der Waals surface area contributed by atoms with E-state index in [-0.39, 0.29) is 11.6 Å². The van der Waals surface area contributed by atoms with Gasteiger partial charge in [0, 0.05) is 17.8 Å². The molecular weight excluding hydrogens is 242 g/mol. The maximum atomic E-state index is 12.3. The van der Waals surface area contributed by atoms with E-state index in [1.807, 2.05) is 11.0 Å². The highest BCUT2D eigenvalue weighted by Gasteiger charge is 2.49. The lowest BCUT2D eigenvalue weighted by atomic mass is 9.86. The molecule has 2 aliphatic heterocycles. The fourth-order valence-corrected chi connectivity index (χ4v) is 3.34. The molecule has 2 heterocycles. The highest BCUT2D eigenvalue weighted by atomic mass is 16.5. The van der Waals surface area contributed by atoms with Crippen LogP contribution in [0.2, 0.25) is 0 Å². The first-order valence-corrected chi connectivity index (χ1v) is 6.92. The number of ether oxygens (including phenoxy) is 1. The summed E-state index contributed by atoms with van der Waals surface area (Å²) in [6, 6.07) is 0.362. The number of rotatable bonds is 2. The smallest absolute Gasteiger partial charge is 0.322 e. The second-order valence-electron chi connectivity index (χ2n) is 5.63. The zero-order valence-corrected chi connectivity index (χ0v) is 11.5. The van der Waals surface area contributed by atoms with Crippen molar-refractivity contribution < 1.29 is 9.53 Å². The molecule has 0 saturated carbocycles. The normalized spacial score (nSPS) is 31.5. The quantitative estimate of drug-likeness (QED) is 0.790. The minimum atomic E-state index is -0.235. The SMILES string of the molecule is COC1=CCC2(C)C(=C1)NC(=O)N2C1CCNCC1. The van der Waals surface area contributed by atoms with Crippen molar-refractivity contribution in [1.29, 1.82) is 0 Å². The van der Waals surface area contributed by atoms with Gasteiger partial charge < -0.3 is 20.3 Å². The molecule has 5 nitrogen and oxygen atoms in total. The molecule has 2 saturated heterocycles. The summed E-state index contributed by atoms with van der Waals surface area (Å²) in [5.74, 6) is 0.833. The minimum absolute atomic E-state index is 0.0337. The number of hydrogen-bond donors (Lipinski definition) is 2. The van der Waals surface area contributed by atoms with Crippen LogP contribution in [0.3, 0.4) is 0 Å². The van der Waals surface area contributed by atoms with E-state index in [0.29, 0.717) is 6.04 Å². The number of nitrogens with zero attached hydrogens (tertiary/aromatic N) is 1. The molecule has 19 heavy (non-hydrogen) atoms. The van der Waals surface area contributed by atoms with Crippen LogP contribution < -0.4 is 10.6 Å². The first-order chi connectivity index (χ1) is 9.15. The average molecular weight is 263 g/mol. The molecule has 1 atom stereocenters. The zero-order chi connectivity index (χ0) is 13.5. The van der Waals surface area contributed by atoms with Crippen LogP contribution in [0.1, 0.15) is 26.2 Å². The van der Waals surface area contributed by atoms with E-state index in [1.54, 1.807) is 7.11 Å². The lowest BCUT2D eigenvalue weighted by Crippen LogP contribution is -2.53. The Morgan fingerprint density at radius 3 is 2.84 bits per heavy atom. The van der Waals surface area contributed by atoms with E-state index in [2.05, 4.69) is 23.6 Å². The predicted molar refractivity (Wildman–Crippen MR) is 72.5 cm³/mol. The Labute approximate surface area is 113 Å². The molecule has 0 aromatic rings. The maximum Gasteiger partial charge on any atom is 0.322 e. The summed E-state index contributed by atoms with van der Waals surface area (Å²) in [5.41, 5.74) is 0.733. The van der Waals surface area contributed by atoms with Crippen molar-refractivity contribution in [2.75, 3.05) is 20.2 Å². The first-order valence-electron chi connectivity index (χ1n) is 6.92. The molecule has 1 aliphatic carbocycles. The molecule has 0 aromatic heterocycles. The third kappa shape index (κ3) is 1.92. The second-order valence-corrected chi connectivity index (χ2v) is 5.63. The molecule has 2 amide bonds. The molecule has 2 fully saturated rings. The van der Waals surface area contributed by atoms with Crippen LogP contribution in [0.5, 0.6) is 0 Å². The number of methoxy groups -OCH3 is 1. The minimum Gasteiger partial charge on any atom is -0.497 e. The van der Waals surface area contributed by atoms with Crippen LogP contribution >= 0.6 is 0 Å². The summed E-state index contributed by atoms with van der Waals surface area (Å²) in [6.45, 7) is 4.12. The fourth-order valence-electron chi connectivity index (χ4n) is 3.34. The van der Waals surface area contributed by atoms with Gasteiger partial charge in [0.05, 0.1) is 12.6 Å². The molecule has 0 bridgehead atoms. The number of fused-ring (bicyclic) bond motifs is 1. The van der Waals surface area contributed by atoms with E-state index in [9.17, 15) is 4.79 Å². The molecule has 0 aromatic carbocycles. The summed E-state index contributed by atoms with van der Waals surface area (Å²) in [6.07, 6.45) is 6.87. The molecular formula is C14H21N3O2. The van der Waals surface area contributed by atoms with Gasteiger partial charge in [0.2, 0.25) is 0 Å². The van der Waals surface area contributed by atoms with Crippen molar-refractivity contribution >= 4 is 6.03 Å². The molecule has 104 valence electrons. The first kappa shape index (κ1) is 12.5. The van der Waals surface area contributed by atoms with Gasteiger partial charge in [0.1, 0.15) is 5.76 Å². The third-order valence-electron chi connectivity index (χ3n) is 4.47. The zero-order valence-electron chi connectivity index (χ0n) is 11.5. The number of piperidine rings is 1. The summed E-state index contributed by atoms with van der Waals surface area (Å²) < 4.78 is 5.27. The molecule has 5 heteroatoms. The summed E-state index contributed by atoms with van der Waals surface area (Å²) in [7, 11) is 1.66. The van der Waals surface area contributed by atoms with Gasteiger partial charge in [0.25, 0.3) is 0 Å². The van der Waals surface area contributed by atoms with Gasteiger partial charge in [0.15, 0.2) is 0 Å². The van der Waals surface area contributed by atoms with Gasteiger partial charge >= 0.3 is 6.03 Å². The van der Waals surface area contributed by atoms with Crippen LogP contribution in [-0.4, -0.2) is 42.7 Å². The molecule has 0 spiro atoms. The van der Waals surface area contributed by atoms with Gasteiger partial charge in [-0.05, 0) is 45.4 Å². The molecule has 2 N–H and O–H groups in total. The third-order valence-corrected chi connectivity index (χ3v) is 4.47. The lowest BCUT2D eigenvalue weighted by molar-refractivity contribution is 0.117. The Kier molecular flexibility index (Phi) is 3.01. The lowest BCUT2D eigenvalue weighted by Gasteiger charge is -2.42. The van der Waals surface area contributed by atoms with Gasteiger partial charge in [-0.1, -0.05) is 0 Å². The molecule has 1 unspecified atom stereocenters. The highest BCUT2D eigenvalue weighted by Crippen LogP contribution is 2.39. The Bertz CT molecular complexity index is 452. The Morgan fingerprint density at radius 1 is 1.42 bits per heavy atom. The van der Waals surface area contributed by atoms with Gasteiger partial charge in [-0.25, -0.2) is 4.79 Å². The monoisotopic (exact) mass is 263 g/mol. The molecule has 0 radical (unpaired) electrons. The summed E-state index contributed by atoms with van der Waals surface area (Å²) >= 11 is 0. The molecule has 3 aliphatic rings. The van der Waals surface area contributed by atoms with Gasteiger partial charge in [-0.2, -0.15) is 0 Å². The van der Waals surface area contributed by atoms with Crippen LogP contribution in [0.15, 0.2) is 23.6 Å². The summed E-state index contributed by atoms with van der Waals surface area (Å²) in [4.78, 5) is 14.4. The number of carbonyl (C=O) groups is 1. The Hall–Kier alpha value is -1.49. The van der Waals surface area contributed by atoms with E-state index in [0.717, 1.165) is 43.8 Å². The van der Waals surface area contributed by atoms with Crippen molar-refractivity contribution in [2.24, 2.45) is 0 Å². The Balaban J connectivity index is 1.88. The largest absolute Gasteiger partial charge is 0.497 e. The maximum absolute atomic E-state index is 12.3. The standard InChI is InChI=1S/C14H21N3O2/c1-14-6-3-11(19-2)9-12(14)16-13(18)17(14)10-4-7-15-8-5-10/h3,9-10,15H,4-8H2,1-2H3,(H,16,18). The molecule has 3 rings (SSSR count). The van der Waals surface area contributed by atoms with Crippen molar-refractivity contribution in [3.8, 4) is 0 Å². The van der Waals surface area contributed by atoms with Crippen molar-refractivity contribution in [2.45, 2.75) is 37.8 Å². The van der Waals surface area contributed by atoms with E-state index in [4.69, 9.17) is 4.74 Å². The van der Waals surface area contributed by atoms with Crippen LogP contribution in [0.25, 0.3) is 0 Å². The van der Waals surface area contributed by atoms with E-state index < -0.39 is 0 Å². The topological polar surface area (TPSA) is 53.6 Å². The van der Waals surface area contributed by atoms with Gasteiger partial charge in [-0.3, -0.25) is 0 Å². The van der Waals surface area contributed by atoms with Crippen LogP contribution in [0, 0.1) is 0 Å². The predicted octanol–water partition coefficient (Wildman–Crippen LogP) is 1.34. The Morgan fingerprint density at radius 2 is 2.16 bits per heavy atom.